The Kier molecular flexibility index (Phi) is 8.33. The molecule has 196 valence electrons. The van der Waals surface area contributed by atoms with Crippen molar-refractivity contribution in [3.05, 3.63) is 151 Å². The van der Waals surface area contributed by atoms with Crippen LogP contribution < -0.4 is 36.4 Å². The zero-order valence-electron chi connectivity index (χ0n) is 22.2. The molecule has 1 aliphatic rings. The van der Waals surface area contributed by atoms with E-state index in [0.29, 0.717) is 0 Å². The topological polar surface area (TPSA) is 9.23 Å². The molecule has 7 rings (SSSR count). The van der Waals surface area contributed by atoms with Gasteiger partial charge in [-0.3, -0.25) is 0 Å². The Balaban J connectivity index is 0.00000161. The molecular formula is C36H28Cl2OTi. The first-order chi connectivity index (χ1) is 18.8. The Morgan fingerprint density at radius 1 is 0.500 bits per heavy atom. The van der Waals surface area contributed by atoms with Crippen LogP contribution in [-0.2, 0) is 26.7 Å². The molecule has 40 heavy (non-hydrogen) atoms. The van der Waals surface area contributed by atoms with Gasteiger partial charge in [-0.05, 0) is 0 Å². The SMILES string of the molecule is C[O][Ti+2]([c]1ccccc1)([c]1ccccc1)[c]1c(-c2cccc3c2Cc2ccccc2-3)ccc2ccccc12.[Cl-].[Cl-]. The van der Waals surface area contributed by atoms with E-state index < -0.39 is 17.0 Å². The molecule has 0 saturated heterocycles. The second-order valence-corrected chi connectivity index (χ2v) is 15.3. The molecule has 6 aromatic carbocycles. The van der Waals surface area contributed by atoms with Gasteiger partial charge in [0.1, 0.15) is 0 Å². The fourth-order valence-corrected chi connectivity index (χ4v) is 12.8. The van der Waals surface area contributed by atoms with Crippen molar-refractivity contribution in [1.82, 2.24) is 0 Å². The molecule has 0 aliphatic heterocycles. The van der Waals surface area contributed by atoms with Crippen LogP contribution >= 0.6 is 0 Å². The molecule has 0 heterocycles. The molecule has 0 saturated carbocycles. The van der Waals surface area contributed by atoms with Gasteiger partial charge in [0.25, 0.3) is 0 Å². The van der Waals surface area contributed by atoms with E-state index in [2.05, 4.69) is 140 Å². The molecule has 0 N–H and O–H groups in total. The summed E-state index contributed by atoms with van der Waals surface area (Å²) in [5.41, 5.74) is 8.15. The summed E-state index contributed by atoms with van der Waals surface area (Å²) in [6.45, 7) is 0. The van der Waals surface area contributed by atoms with Gasteiger partial charge in [0.15, 0.2) is 0 Å². The summed E-state index contributed by atoms with van der Waals surface area (Å²) in [4.78, 5) is 0. The number of benzene rings is 6. The summed E-state index contributed by atoms with van der Waals surface area (Å²) in [7, 11) is 1.93. The van der Waals surface area contributed by atoms with E-state index in [1.54, 1.807) is 0 Å². The third kappa shape index (κ3) is 4.43. The van der Waals surface area contributed by atoms with Crippen molar-refractivity contribution in [3.8, 4) is 22.3 Å². The predicted octanol–water partition coefficient (Wildman–Crippen LogP) is 1.08. The predicted molar refractivity (Wildman–Crippen MR) is 156 cm³/mol. The fraction of sp³-hybridized carbons (Fsp3) is 0.0556. The first-order valence-electron chi connectivity index (χ1n) is 13.2. The van der Waals surface area contributed by atoms with E-state index in [4.69, 9.17) is 3.32 Å². The molecule has 0 amide bonds. The monoisotopic (exact) mass is 594 g/mol. The molecule has 0 aromatic heterocycles. The third-order valence-electron chi connectivity index (χ3n) is 8.09. The third-order valence-corrected chi connectivity index (χ3v) is 14.6. The van der Waals surface area contributed by atoms with Crippen LogP contribution in [0.5, 0.6) is 0 Å². The molecule has 1 aliphatic carbocycles. The maximum Gasteiger partial charge on any atom is -1.00 e. The summed E-state index contributed by atoms with van der Waals surface area (Å²) < 4.78 is 10.9. The molecule has 0 bridgehead atoms. The van der Waals surface area contributed by atoms with Gasteiger partial charge in [0, 0.05) is 0 Å². The normalized spacial score (nSPS) is 11.3. The van der Waals surface area contributed by atoms with Crippen molar-refractivity contribution >= 4 is 22.4 Å². The Hall–Kier alpha value is -3.17. The van der Waals surface area contributed by atoms with Gasteiger partial charge in [-0.1, -0.05) is 0 Å². The molecule has 1 nitrogen and oxygen atoms in total. The molecule has 0 radical (unpaired) electrons. The molecular weight excluding hydrogens is 567 g/mol. The van der Waals surface area contributed by atoms with Gasteiger partial charge >= 0.3 is 229 Å². The van der Waals surface area contributed by atoms with Gasteiger partial charge < -0.3 is 24.8 Å². The Morgan fingerprint density at radius 3 is 1.73 bits per heavy atom. The van der Waals surface area contributed by atoms with E-state index in [1.807, 2.05) is 7.11 Å². The van der Waals surface area contributed by atoms with Gasteiger partial charge in [-0.2, -0.15) is 0 Å². The van der Waals surface area contributed by atoms with Crippen LogP contribution in [0.3, 0.4) is 0 Å². The summed E-state index contributed by atoms with van der Waals surface area (Å²) in [5, 5.41) is 2.54. The zero-order chi connectivity index (χ0) is 25.5. The molecule has 0 fully saturated rings. The number of rotatable bonds is 5. The van der Waals surface area contributed by atoms with Crippen LogP contribution in [0.2, 0.25) is 0 Å². The first kappa shape index (κ1) is 28.4. The Bertz CT molecular complexity index is 1740. The van der Waals surface area contributed by atoms with Gasteiger partial charge in [0.2, 0.25) is 0 Å². The largest absolute Gasteiger partial charge is 1.00 e. The fourth-order valence-electron chi connectivity index (χ4n) is 6.42. The maximum absolute atomic E-state index is 6.94. The van der Waals surface area contributed by atoms with E-state index >= 15 is 0 Å². The van der Waals surface area contributed by atoms with Gasteiger partial charge in [0.05, 0.1) is 0 Å². The van der Waals surface area contributed by atoms with E-state index in [-0.39, 0.29) is 24.8 Å². The van der Waals surface area contributed by atoms with Crippen LogP contribution in [0.25, 0.3) is 33.0 Å². The summed E-state index contributed by atoms with van der Waals surface area (Å²) in [6.07, 6.45) is 0.956. The first-order valence-corrected chi connectivity index (χ1v) is 16.2. The Labute approximate surface area is 252 Å². The van der Waals surface area contributed by atoms with Crippen LogP contribution in [0.15, 0.2) is 140 Å². The number of fused-ring (bicyclic) bond motifs is 4. The zero-order valence-corrected chi connectivity index (χ0v) is 25.2. The second kappa shape index (κ2) is 11.7. The number of hydrogen-bond acceptors (Lipinski definition) is 1. The van der Waals surface area contributed by atoms with Gasteiger partial charge in [-0.25, -0.2) is 0 Å². The smallest absolute Gasteiger partial charge is 1.00 e. The molecule has 0 spiro atoms. The molecule has 0 unspecified atom stereocenters. The number of hydrogen-bond donors (Lipinski definition) is 0. The van der Waals surface area contributed by atoms with E-state index in [1.165, 1.54) is 55.8 Å². The van der Waals surface area contributed by atoms with Crippen molar-refractivity contribution in [3.63, 3.8) is 0 Å². The Morgan fingerprint density at radius 2 is 1.05 bits per heavy atom. The quantitative estimate of drug-likeness (QED) is 0.271. The minimum atomic E-state index is -3.64. The van der Waals surface area contributed by atoms with Crippen molar-refractivity contribution in [1.29, 1.82) is 0 Å². The minimum Gasteiger partial charge on any atom is -1.00 e. The summed E-state index contributed by atoms with van der Waals surface area (Å²) in [5.74, 6) is 0. The van der Waals surface area contributed by atoms with Crippen LogP contribution in [0, 0.1) is 0 Å². The van der Waals surface area contributed by atoms with Crippen LogP contribution in [0.1, 0.15) is 11.1 Å². The number of halogens is 2. The van der Waals surface area contributed by atoms with E-state index in [9.17, 15) is 0 Å². The van der Waals surface area contributed by atoms with Crippen molar-refractivity contribution in [2.24, 2.45) is 0 Å². The standard InChI is InChI=1S/C23H15.2C6H5.CH3O.2ClH.Ti/c1-2-7-17-14-19(13-12-16(17)6-1)21-10-5-11-22-20-9-4-3-8-18(20)15-23(21)22;2*1-2-4-6-5-3-1;1-2;;;/h1-13H,15H2;2*1-5H;1H3;2*1H;/q;;;-1;;;+3/p-2. The van der Waals surface area contributed by atoms with Crippen LogP contribution in [-0.4, -0.2) is 7.11 Å². The van der Waals surface area contributed by atoms with Crippen LogP contribution in [0.4, 0.5) is 0 Å². The van der Waals surface area contributed by atoms with Crippen molar-refractivity contribution < 1.29 is 45.1 Å². The minimum absolute atomic E-state index is 0. The second-order valence-electron chi connectivity index (χ2n) is 9.99. The van der Waals surface area contributed by atoms with E-state index in [0.717, 1.165) is 6.42 Å². The summed E-state index contributed by atoms with van der Waals surface area (Å²) >= 11 is -3.64. The van der Waals surface area contributed by atoms with Crippen molar-refractivity contribution in [2.75, 3.05) is 7.11 Å². The maximum atomic E-state index is 6.94. The molecule has 4 heteroatoms. The van der Waals surface area contributed by atoms with Gasteiger partial charge in [-0.15, -0.1) is 0 Å². The summed E-state index contributed by atoms with van der Waals surface area (Å²) in [6, 6.07) is 51.0. The molecule has 0 atom stereocenters. The average molecular weight is 595 g/mol. The molecule has 6 aromatic rings. The van der Waals surface area contributed by atoms with Crippen molar-refractivity contribution in [2.45, 2.75) is 6.42 Å². The average Bonchev–Trinajstić information content (AvgIpc) is 3.38.